The molecule has 0 radical (unpaired) electrons. The Hall–Kier alpha value is -2.30. The van der Waals surface area contributed by atoms with Gasteiger partial charge in [0.15, 0.2) is 23.4 Å². The Kier molecular flexibility index (Phi) is 2.64. The average Bonchev–Trinajstić information content (AvgIpc) is 3.18. The van der Waals surface area contributed by atoms with E-state index in [4.69, 9.17) is 15.2 Å². The average molecular weight is 306 g/mol. The lowest BCUT2D eigenvalue weighted by molar-refractivity contribution is -0.222. The number of nitrogen functional groups attached to an aromatic ring is 1. The number of hydrogen-bond donors (Lipinski definition) is 2. The van der Waals surface area contributed by atoms with Gasteiger partial charge < -0.3 is 25.2 Å². The van der Waals surface area contributed by atoms with Crippen molar-refractivity contribution in [1.29, 1.82) is 0 Å². The lowest BCUT2D eigenvalue weighted by Crippen LogP contribution is -2.53. The third kappa shape index (κ3) is 1.48. The van der Waals surface area contributed by atoms with Crippen LogP contribution in [0.4, 0.5) is 5.82 Å². The zero-order valence-corrected chi connectivity index (χ0v) is 11.7. The van der Waals surface area contributed by atoms with Crippen LogP contribution in [0.1, 0.15) is 6.23 Å². The molecule has 2 saturated heterocycles. The minimum absolute atomic E-state index is 0.105. The van der Waals surface area contributed by atoms with Crippen LogP contribution in [0.2, 0.25) is 0 Å². The van der Waals surface area contributed by atoms with Crippen LogP contribution in [0.15, 0.2) is 12.7 Å². The fourth-order valence-corrected chi connectivity index (χ4v) is 3.02. The van der Waals surface area contributed by atoms with Gasteiger partial charge in [0.2, 0.25) is 6.41 Å². The smallest absolute Gasteiger partial charge is 0.211 e. The summed E-state index contributed by atoms with van der Waals surface area (Å²) < 4.78 is 13.2. The number of carbonyl (C=O) groups excluding carboxylic acids is 1. The fraction of sp³-hybridized carbons (Fsp3) is 0.500. The van der Waals surface area contributed by atoms with E-state index < -0.39 is 24.2 Å². The molecule has 2 aliphatic rings. The highest BCUT2D eigenvalue weighted by molar-refractivity contribution is 5.81. The molecular weight excluding hydrogens is 292 g/mol. The van der Waals surface area contributed by atoms with E-state index in [0.717, 1.165) is 0 Å². The number of aromatic nitrogens is 4. The van der Waals surface area contributed by atoms with Gasteiger partial charge in [0.05, 0.1) is 12.9 Å². The zero-order valence-electron chi connectivity index (χ0n) is 11.7. The number of amides is 1. The van der Waals surface area contributed by atoms with E-state index >= 15 is 0 Å². The summed E-state index contributed by atoms with van der Waals surface area (Å²) in [5, 5.41) is 10.4. The number of anilines is 1. The summed E-state index contributed by atoms with van der Waals surface area (Å²) in [7, 11) is 1.54. The number of carbonyl (C=O) groups is 1. The van der Waals surface area contributed by atoms with Crippen LogP contribution in [0.3, 0.4) is 0 Å². The topological polar surface area (TPSA) is 129 Å². The van der Waals surface area contributed by atoms with Gasteiger partial charge in [-0.25, -0.2) is 15.0 Å². The molecule has 2 fully saturated rings. The summed E-state index contributed by atoms with van der Waals surface area (Å²) in [4.78, 5) is 24.6. The van der Waals surface area contributed by atoms with Crippen molar-refractivity contribution in [2.75, 3.05) is 19.4 Å². The highest BCUT2D eigenvalue weighted by Crippen LogP contribution is 2.46. The first kappa shape index (κ1) is 13.4. The van der Waals surface area contributed by atoms with Gasteiger partial charge in [0.25, 0.3) is 0 Å². The molecule has 116 valence electrons. The number of nitrogens with two attached hydrogens (primary N) is 1. The Labute approximate surface area is 124 Å². The van der Waals surface area contributed by atoms with Crippen LogP contribution in [0, 0.1) is 0 Å². The molecule has 22 heavy (non-hydrogen) atoms. The molecule has 0 aliphatic carbocycles. The van der Waals surface area contributed by atoms with E-state index in [1.807, 2.05) is 0 Å². The van der Waals surface area contributed by atoms with E-state index in [1.54, 1.807) is 4.57 Å². The monoisotopic (exact) mass is 306 g/mol. The molecule has 2 aromatic rings. The number of hydrogen-bond acceptors (Lipinski definition) is 8. The number of aliphatic hydroxyl groups is 1. The van der Waals surface area contributed by atoms with Crippen LogP contribution in [-0.4, -0.2) is 67.5 Å². The molecule has 2 aromatic heterocycles. The van der Waals surface area contributed by atoms with E-state index in [9.17, 15) is 9.90 Å². The Morgan fingerprint density at radius 3 is 3.14 bits per heavy atom. The molecule has 3 N–H and O–H groups in total. The van der Waals surface area contributed by atoms with E-state index in [2.05, 4.69) is 15.0 Å². The van der Waals surface area contributed by atoms with Gasteiger partial charge in [-0.3, -0.25) is 9.36 Å². The predicted octanol–water partition coefficient (Wildman–Crippen LogP) is -1.52. The predicted molar refractivity (Wildman–Crippen MR) is 72.2 cm³/mol. The van der Waals surface area contributed by atoms with Crippen LogP contribution in [0.25, 0.3) is 11.2 Å². The zero-order chi connectivity index (χ0) is 15.5. The summed E-state index contributed by atoms with van der Waals surface area (Å²) in [6, 6.07) is 0. The SMILES string of the molecule is CN(C=O)[C@]12CO[C@@H]([C@H](n3cnc4c(N)ncnc43)O1)[C@@H]2O. The van der Waals surface area contributed by atoms with Gasteiger partial charge in [-0.15, -0.1) is 0 Å². The van der Waals surface area contributed by atoms with Crippen molar-refractivity contribution in [1.82, 2.24) is 24.4 Å². The van der Waals surface area contributed by atoms with Crippen molar-refractivity contribution in [2.24, 2.45) is 0 Å². The second-order valence-corrected chi connectivity index (χ2v) is 5.37. The normalized spacial score (nSPS) is 33.5. The quantitative estimate of drug-likeness (QED) is 0.654. The molecule has 0 unspecified atom stereocenters. The number of ether oxygens (including phenoxy) is 2. The maximum atomic E-state index is 11.1. The molecule has 10 nitrogen and oxygen atoms in total. The molecule has 1 amide bonds. The van der Waals surface area contributed by atoms with Gasteiger partial charge in [-0.1, -0.05) is 0 Å². The standard InChI is InChI=1S/C12H14N6O4/c1-17(5-19)12-2-21-7(8(12)20)11(22-12)18-4-16-6-9(13)14-3-15-10(6)18/h3-5,7-8,11,20H,2H2,1H3,(H2,13,14,15)/t7-,8+,11-,12-/m1/s1. The van der Waals surface area contributed by atoms with Crippen LogP contribution in [0.5, 0.6) is 0 Å². The third-order valence-corrected chi connectivity index (χ3v) is 4.28. The fourth-order valence-electron chi connectivity index (χ4n) is 3.02. The lowest BCUT2D eigenvalue weighted by Gasteiger charge is -2.36. The number of likely N-dealkylation sites (N-methyl/N-ethyl adjacent to an activating group) is 1. The summed E-state index contributed by atoms with van der Waals surface area (Å²) in [6.07, 6.45) is 1.17. The molecule has 4 heterocycles. The number of imidazole rings is 1. The summed E-state index contributed by atoms with van der Waals surface area (Å²) in [6.45, 7) is 0.105. The number of rotatable bonds is 3. The molecule has 2 bridgehead atoms. The van der Waals surface area contributed by atoms with Crippen molar-refractivity contribution in [3.63, 3.8) is 0 Å². The Morgan fingerprint density at radius 2 is 2.36 bits per heavy atom. The van der Waals surface area contributed by atoms with Crippen LogP contribution < -0.4 is 5.73 Å². The molecule has 4 atom stereocenters. The molecule has 4 rings (SSSR count). The van der Waals surface area contributed by atoms with Crippen molar-refractivity contribution in [2.45, 2.75) is 24.2 Å². The van der Waals surface area contributed by atoms with Crippen molar-refractivity contribution in [3.05, 3.63) is 12.7 Å². The van der Waals surface area contributed by atoms with Gasteiger partial charge in [-0.05, 0) is 0 Å². The van der Waals surface area contributed by atoms with Crippen molar-refractivity contribution < 1.29 is 19.4 Å². The number of nitrogens with zero attached hydrogens (tertiary/aromatic N) is 5. The molecule has 0 saturated carbocycles. The molecule has 2 aliphatic heterocycles. The molecule has 10 heteroatoms. The highest BCUT2D eigenvalue weighted by Gasteiger charge is 2.64. The lowest BCUT2D eigenvalue weighted by atomic mass is 10.1. The Balaban J connectivity index is 1.78. The van der Waals surface area contributed by atoms with Gasteiger partial charge in [-0.2, -0.15) is 0 Å². The number of aliphatic hydroxyl groups excluding tert-OH is 1. The van der Waals surface area contributed by atoms with E-state index in [-0.39, 0.29) is 12.4 Å². The Morgan fingerprint density at radius 1 is 1.55 bits per heavy atom. The minimum Gasteiger partial charge on any atom is -0.385 e. The van der Waals surface area contributed by atoms with Crippen molar-refractivity contribution in [3.8, 4) is 0 Å². The largest absolute Gasteiger partial charge is 0.385 e. The third-order valence-electron chi connectivity index (χ3n) is 4.28. The maximum Gasteiger partial charge on any atom is 0.211 e. The number of fused-ring (bicyclic) bond motifs is 3. The summed E-state index contributed by atoms with van der Waals surface area (Å²) in [5.74, 6) is 0.257. The molecule has 0 spiro atoms. The molecule has 0 aromatic carbocycles. The van der Waals surface area contributed by atoms with Gasteiger partial charge in [0.1, 0.15) is 24.1 Å². The first-order valence-corrected chi connectivity index (χ1v) is 6.67. The Bertz CT molecular complexity index is 750. The first-order chi connectivity index (χ1) is 10.6. The van der Waals surface area contributed by atoms with Gasteiger partial charge in [0, 0.05) is 7.05 Å². The summed E-state index contributed by atoms with van der Waals surface area (Å²) in [5.41, 5.74) is 5.48. The van der Waals surface area contributed by atoms with Gasteiger partial charge >= 0.3 is 0 Å². The second kappa shape index (κ2) is 4.35. The highest BCUT2D eigenvalue weighted by atomic mass is 16.7. The molecular formula is C12H14N6O4. The van der Waals surface area contributed by atoms with Crippen LogP contribution >= 0.6 is 0 Å². The summed E-state index contributed by atoms with van der Waals surface area (Å²) >= 11 is 0. The first-order valence-electron chi connectivity index (χ1n) is 6.67. The van der Waals surface area contributed by atoms with Crippen LogP contribution in [-0.2, 0) is 14.3 Å². The second-order valence-electron chi connectivity index (χ2n) is 5.37. The van der Waals surface area contributed by atoms with Crippen molar-refractivity contribution >= 4 is 23.4 Å². The minimum atomic E-state index is -1.20. The van der Waals surface area contributed by atoms with E-state index in [0.29, 0.717) is 17.6 Å². The maximum absolute atomic E-state index is 11.1. The van der Waals surface area contributed by atoms with E-state index in [1.165, 1.54) is 24.6 Å².